The molecule has 1 aromatic heterocycles. The Hall–Kier alpha value is -2.02. The lowest BCUT2D eigenvalue weighted by atomic mass is 10.3. The van der Waals surface area contributed by atoms with E-state index in [1.807, 2.05) is 0 Å². The van der Waals surface area contributed by atoms with Crippen molar-refractivity contribution in [2.24, 2.45) is 0 Å². The van der Waals surface area contributed by atoms with Gasteiger partial charge in [-0.15, -0.1) is 0 Å². The highest BCUT2D eigenvalue weighted by molar-refractivity contribution is 5.73. The lowest BCUT2D eigenvalue weighted by molar-refractivity contribution is -0.142. The summed E-state index contributed by atoms with van der Waals surface area (Å²) in [4.78, 5) is 21.3. The summed E-state index contributed by atoms with van der Waals surface area (Å²) in [5, 5.41) is 13.4. The number of aliphatic carboxylic acids is 1. The number of urea groups is 1. The summed E-state index contributed by atoms with van der Waals surface area (Å²) in [5.41, 5.74) is 0.863. The third-order valence-electron chi connectivity index (χ3n) is 1.79. The third-order valence-corrected chi connectivity index (χ3v) is 1.79. The van der Waals surface area contributed by atoms with E-state index < -0.39 is 5.97 Å². The molecule has 2 amide bonds. The molecule has 0 aromatic carbocycles. The number of ether oxygens (including phenoxy) is 1. The Labute approximate surface area is 97.7 Å². The molecule has 0 radical (unpaired) electrons. The fraction of sp³-hybridized carbons (Fsp3) is 0.400. The van der Waals surface area contributed by atoms with E-state index in [9.17, 15) is 9.59 Å². The summed E-state index contributed by atoms with van der Waals surface area (Å²) in [6.45, 7) is 0.423. The number of carboxylic acid groups (broad SMARTS) is 1. The quantitative estimate of drug-likeness (QED) is 0.592. The number of hydrogen-bond donors (Lipinski definition) is 3. The number of amides is 2. The van der Waals surface area contributed by atoms with Crippen LogP contribution in [0.2, 0.25) is 0 Å². The Bertz CT molecular complexity index is 350. The fourth-order valence-corrected chi connectivity index (χ4v) is 1.03. The maximum atomic E-state index is 11.2. The van der Waals surface area contributed by atoms with Gasteiger partial charge in [0.1, 0.15) is 6.61 Å². The van der Waals surface area contributed by atoms with Crippen LogP contribution in [0.15, 0.2) is 23.0 Å². The molecule has 1 heterocycles. The molecule has 94 valence electrons. The molecule has 3 N–H and O–H groups in total. The molecule has 0 saturated carbocycles. The number of carbonyl (C=O) groups is 2. The molecule has 0 bridgehead atoms. The van der Waals surface area contributed by atoms with Gasteiger partial charge in [0.05, 0.1) is 19.1 Å². The molecule has 1 rings (SSSR count). The van der Waals surface area contributed by atoms with Gasteiger partial charge in [-0.2, -0.15) is 0 Å². The SMILES string of the molecule is O=C(O)COCCNC(=O)NCc1ccoc1. The van der Waals surface area contributed by atoms with Gasteiger partial charge in [0.15, 0.2) is 0 Å². The minimum atomic E-state index is -1.03. The van der Waals surface area contributed by atoms with Crippen LogP contribution in [-0.2, 0) is 16.1 Å². The molecular weight excluding hydrogens is 228 g/mol. The van der Waals surface area contributed by atoms with E-state index in [1.165, 1.54) is 12.5 Å². The standard InChI is InChI=1S/C10H14N2O5/c13-9(14)7-17-4-2-11-10(15)12-5-8-1-3-16-6-8/h1,3,6H,2,4-5,7H2,(H,13,14)(H2,11,12,15). The highest BCUT2D eigenvalue weighted by atomic mass is 16.5. The van der Waals surface area contributed by atoms with Gasteiger partial charge in [-0.25, -0.2) is 9.59 Å². The smallest absolute Gasteiger partial charge is 0.329 e. The maximum Gasteiger partial charge on any atom is 0.329 e. The van der Waals surface area contributed by atoms with E-state index >= 15 is 0 Å². The molecule has 0 fully saturated rings. The van der Waals surface area contributed by atoms with Crippen LogP contribution >= 0.6 is 0 Å². The molecule has 0 saturated heterocycles. The van der Waals surface area contributed by atoms with Gasteiger partial charge in [0.2, 0.25) is 0 Å². The van der Waals surface area contributed by atoms with Crippen LogP contribution in [0, 0.1) is 0 Å². The molecule has 0 spiro atoms. The van der Waals surface area contributed by atoms with Gasteiger partial charge < -0.3 is 24.9 Å². The second kappa shape index (κ2) is 7.29. The average molecular weight is 242 g/mol. The topological polar surface area (TPSA) is 101 Å². The van der Waals surface area contributed by atoms with Gasteiger partial charge in [-0.1, -0.05) is 0 Å². The minimum Gasteiger partial charge on any atom is -0.480 e. The first-order valence-electron chi connectivity index (χ1n) is 5.01. The van der Waals surface area contributed by atoms with Crippen molar-refractivity contribution >= 4 is 12.0 Å². The zero-order valence-electron chi connectivity index (χ0n) is 9.14. The average Bonchev–Trinajstić information content (AvgIpc) is 2.78. The Morgan fingerprint density at radius 1 is 1.41 bits per heavy atom. The predicted octanol–water partition coefficient (Wildman–Crippen LogP) is 0.180. The second-order valence-electron chi connectivity index (χ2n) is 3.19. The molecule has 0 aliphatic rings. The number of nitrogens with one attached hydrogen (secondary N) is 2. The highest BCUT2D eigenvalue weighted by Crippen LogP contribution is 1.97. The summed E-state index contributed by atoms with van der Waals surface area (Å²) in [5.74, 6) is -1.03. The molecule has 7 nitrogen and oxygen atoms in total. The Kier molecular flexibility index (Phi) is 5.59. The van der Waals surface area contributed by atoms with Gasteiger partial charge in [0.25, 0.3) is 0 Å². The largest absolute Gasteiger partial charge is 0.480 e. The zero-order valence-corrected chi connectivity index (χ0v) is 9.14. The van der Waals surface area contributed by atoms with Crippen molar-refractivity contribution in [3.63, 3.8) is 0 Å². The second-order valence-corrected chi connectivity index (χ2v) is 3.19. The van der Waals surface area contributed by atoms with Gasteiger partial charge >= 0.3 is 12.0 Å². The van der Waals surface area contributed by atoms with E-state index in [1.54, 1.807) is 6.07 Å². The lowest BCUT2D eigenvalue weighted by Crippen LogP contribution is -2.37. The summed E-state index contributed by atoms with van der Waals surface area (Å²) in [6.07, 6.45) is 3.06. The van der Waals surface area contributed by atoms with Gasteiger partial charge in [-0.05, 0) is 6.07 Å². The summed E-state index contributed by atoms with van der Waals surface area (Å²) in [6, 6.07) is 1.40. The predicted molar refractivity (Wildman–Crippen MR) is 57.4 cm³/mol. The zero-order chi connectivity index (χ0) is 12.5. The van der Waals surface area contributed by atoms with Crippen molar-refractivity contribution in [2.45, 2.75) is 6.54 Å². The normalized spacial score (nSPS) is 9.88. The van der Waals surface area contributed by atoms with Crippen LogP contribution in [0.3, 0.4) is 0 Å². The van der Waals surface area contributed by atoms with E-state index in [0.29, 0.717) is 6.54 Å². The van der Waals surface area contributed by atoms with Crippen LogP contribution in [0.25, 0.3) is 0 Å². The van der Waals surface area contributed by atoms with Crippen molar-refractivity contribution in [2.75, 3.05) is 19.8 Å². The molecule has 0 aliphatic carbocycles. The van der Waals surface area contributed by atoms with Gasteiger partial charge in [0, 0.05) is 18.7 Å². The molecular formula is C10H14N2O5. The van der Waals surface area contributed by atoms with Crippen LogP contribution in [-0.4, -0.2) is 36.9 Å². The van der Waals surface area contributed by atoms with E-state index in [2.05, 4.69) is 10.6 Å². The van der Waals surface area contributed by atoms with Crippen molar-refractivity contribution < 1.29 is 23.8 Å². The first-order valence-corrected chi connectivity index (χ1v) is 5.01. The van der Waals surface area contributed by atoms with Crippen LogP contribution in [0.5, 0.6) is 0 Å². The molecule has 0 atom stereocenters. The van der Waals surface area contributed by atoms with Crippen molar-refractivity contribution in [1.29, 1.82) is 0 Å². The molecule has 17 heavy (non-hydrogen) atoms. The van der Waals surface area contributed by atoms with Crippen molar-refractivity contribution in [3.05, 3.63) is 24.2 Å². The maximum absolute atomic E-state index is 11.2. The monoisotopic (exact) mass is 242 g/mol. The number of furan rings is 1. The number of carboxylic acids is 1. The fourth-order valence-electron chi connectivity index (χ4n) is 1.03. The third kappa shape index (κ3) is 6.21. The summed E-state index contributed by atoms with van der Waals surface area (Å²) >= 11 is 0. The Balaban J connectivity index is 2.00. The Morgan fingerprint density at radius 2 is 2.24 bits per heavy atom. The number of hydrogen-bond acceptors (Lipinski definition) is 4. The molecule has 0 unspecified atom stereocenters. The number of rotatable bonds is 7. The molecule has 7 heteroatoms. The van der Waals surface area contributed by atoms with Crippen LogP contribution in [0.1, 0.15) is 5.56 Å². The van der Waals surface area contributed by atoms with E-state index in [-0.39, 0.29) is 25.8 Å². The lowest BCUT2D eigenvalue weighted by Gasteiger charge is -2.06. The summed E-state index contributed by atoms with van der Waals surface area (Å²) in [7, 11) is 0. The van der Waals surface area contributed by atoms with E-state index in [0.717, 1.165) is 5.56 Å². The molecule has 1 aromatic rings. The van der Waals surface area contributed by atoms with Crippen LogP contribution in [0.4, 0.5) is 4.79 Å². The first kappa shape index (κ1) is 13.0. The minimum absolute atomic E-state index is 0.158. The van der Waals surface area contributed by atoms with Gasteiger partial charge in [-0.3, -0.25) is 0 Å². The molecule has 0 aliphatic heterocycles. The highest BCUT2D eigenvalue weighted by Gasteiger charge is 2.01. The van der Waals surface area contributed by atoms with Crippen LogP contribution < -0.4 is 10.6 Å². The number of carbonyl (C=O) groups excluding carboxylic acids is 1. The first-order chi connectivity index (χ1) is 8.18. The van der Waals surface area contributed by atoms with E-state index in [4.69, 9.17) is 14.3 Å². The Morgan fingerprint density at radius 3 is 2.88 bits per heavy atom. The van der Waals surface area contributed by atoms with Crippen molar-refractivity contribution in [1.82, 2.24) is 10.6 Å². The summed E-state index contributed by atoms with van der Waals surface area (Å²) < 4.78 is 9.57. The van der Waals surface area contributed by atoms with Crippen molar-refractivity contribution in [3.8, 4) is 0 Å².